The summed E-state index contributed by atoms with van der Waals surface area (Å²) in [7, 11) is 0. The van der Waals surface area contributed by atoms with Crippen LogP contribution in [0.2, 0.25) is 0 Å². The molecule has 1 aromatic rings. The maximum atomic E-state index is 10.4. The summed E-state index contributed by atoms with van der Waals surface area (Å²) < 4.78 is 0. The molecule has 0 amide bonds. The fourth-order valence-electron chi connectivity index (χ4n) is 0.861. The third kappa shape index (κ3) is 1.69. The summed E-state index contributed by atoms with van der Waals surface area (Å²) in [5.74, 6) is 0. The van der Waals surface area contributed by atoms with Gasteiger partial charge in [-0.05, 0) is 19.1 Å². The number of aliphatic hydroxyl groups is 1. The quantitative estimate of drug-likeness (QED) is 0.408. The van der Waals surface area contributed by atoms with Crippen LogP contribution in [0.25, 0.3) is 5.57 Å². The van der Waals surface area contributed by atoms with E-state index in [1.165, 1.54) is 0 Å². The molecule has 1 rings (SSSR count). The molecule has 0 bridgehead atoms. The maximum absolute atomic E-state index is 10.4. The Morgan fingerprint density at radius 3 is 2.83 bits per heavy atom. The number of carbonyl (C=O) groups excluding carboxylic acids is 1. The van der Waals surface area contributed by atoms with Crippen molar-refractivity contribution in [1.29, 1.82) is 0 Å². The SMILES string of the molecule is Cc1cccc(/C(C=O)=C\O)n1. The molecule has 3 nitrogen and oxygen atoms in total. The molecule has 0 aromatic carbocycles. The number of aryl methyl sites for hydroxylation is 1. The minimum Gasteiger partial charge on any atom is -0.515 e. The lowest BCUT2D eigenvalue weighted by Gasteiger charge is -1.97. The first-order chi connectivity index (χ1) is 5.77. The van der Waals surface area contributed by atoms with Gasteiger partial charge >= 0.3 is 0 Å². The van der Waals surface area contributed by atoms with Gasteiger partial charge in [0, 0.05) is 5.69 Å². The summed E-state index contributed by atoms with van der Waals surface area (Å²) in [6, 6.07) is 5.28. The minimum absolute atomic E-state index is 0.193. The first-order valence-corrected chi connectivity index (χ1v) is 3.51. The number of hydrogen-bond donors (Lipinski definition) is 1. The van der Waals surface area contributed by atoms with Crippen molar-refractivity contribution in [3.8, 4) is 0 Å². The Morgan fingerprint density at radius 1 is 1.58 bits per heavy atom. The van der Waals surface area contributed by atoms with Crippen molar-refractivity contribution in [2.24, 2.45) is 0 Å². The average Bonchev–Trinajstić information content (AvgIpc) is 2.07. The normalized spacial score (nSPS) is 11.2. The molecule has 0 spiro atoms. The molecule has 1 N–H and O–H groups in total. The fourth-order valence-corrected chi connectivity index (χ4v) is 0.861. The fraction of sp³-hybridized carbons (Fsp3) is 0.111. The molecule has 0 aliphatic carbocycles. The second-order valence-electron chi connectivity index (χ2n) is 2.37. The molecule has 62 valence electrons. The molecule has 0 aliphatic heterocycles. The van der Waals surface area contributed by atoms with E-state index in [4.69, 9.17) is 5.11 Å². The van der Waals surface area contributed by atoms with Gasteiger partial charge in [-0.2, -0.15) is 0 Å². The van der Waals surface area contributed by atoms with Crippen LogP contribution < -0.4 is 0 Å². The monoisotopic (exact) mass is 163 g/mol. The summed E-state index contributed by atoms with van der Waals surface area (Å²) in [4.78, 5) is 14.4. The van der Waals surface area contributed by atoms with Crippen LogP contribution in [0.5, 0.6) is 0 Å². The lowest BCUT2D eigenvalue weighted by molar-refractivity contribution is -0.103. The Labute approximate surface area is 70.4 Å². The van der Waals surface area contributed by atoms with E-state index in [0.29, 0.717) is 12.0 Å². The van der Waals surface area contributed by atoms with E-state index in [1.807, 2.05) is 13.0 Å². The average molecular weight is 163 g/mol. The summed E-state index contributed by atoms with van der Waals surface area (Å²) in [5.41, 5.74) is 1.50. The van der Waals surface area contributed by atoms with Gasteiger partial charge in [0.1, 0.15) is 0 Å². The molecule has 0 atom stereocenters. The highest BCUT2D eigenvalue weighted by Gasteiger charge is 2.00. The van der Waals surface area contributed by atoms with Crippen molar-refractivity contribution in [2.45, 2.75) is 6.92 Å². The number of aldehydes is 1. The highest BCUT2D eigenvalue weighted by atomic mass is 16.2. The molecule has 3 heteroatoms. The number of carbonyl (C=O) groups is 1. The predicted octanol–water partition coefficient (Wildman–Crippen LogP) is 1.49. The number of aromatic nitrogens is 1. The van der Waals surface area contributed by atoms with Gasteiger partial charge < -0.3 is 5.11 Å². The van der Waals surface area contributed by atoms with E-state index < -0.39 is 0 Å². The van der Waals surface area contributed by atoms with Gasteiger partial charge in [0.15, 0.2) is 6.29 Å². The first kappa shape index (κ1) is 8.46. The van der Waals surface area contributed by atoms with E-state index in [-0.39, 0.29) is 5.57 Å². The summed E-state index contributed by atoms with van der Waals surface area (Å²) in [5, 5.41) is 8.64. The minimum atomic E-state index is 0.193. The maximum Gasteiger partial charge on any atom is 0.155 e. The van der Waals surface area contributed by atoms with Gasteiger partial charge in [-0.25, -0.2) is 0 Å². The number of aliphatic hydroxyl groups excluding tert-OH is 1. The van der Waals surface area contributed by atoms with Gasteiger partial charge in [-0.3, -0.25) is 9.78 Å². The van der Waals surface area contributed by atoms with E-state index in [1.54, 1.807) is 12.1 Å². The van der Waals surface area contributed by atoms with E-state index in [9.17, 15) is 4.79 Å². The van der Waals surface area contributed by atoms with Crippen molar-refractivity contribution in [2.75, 3.05) is 0 Å². The Balaban J connectivity index is 3.10. The highest BCUT2D eigenvalue weighted by molar-refractivity contribution is 6.05. The zero-order valence-electron chi connectivity index (χ0n) is 6.69. The molecular weight excluding hydrogens is 154 g/mol. The molecule has 1 aromatic heterocycles. The third-order valence-corrected chi connectivity index (χ3v) is 1.45. The number of rotatable bonds is 2. The summed E-state index contributed by atoms with van der Waals surface area (Å²) in [6.07, 6.45) is 1.33. The largest absolute Gasteiger partial charge is 0.515 e. The predicted molar refractivity (Wildman–Crippen MR) is 45.6 cm³/mol. The van der Waals surface area contributed by atoms with Gasteiger partial charge in [0.2, 0.25) is 0 Å². The van der Waals surface area contributed by atoms with Crippen LogP contribution in [0.4, 0.5) is 0 Å². The molecule has 0 aliphatic rings. The topological polar surface area (TPSA) is 50.2 Å². The lowest BCUT2D eigenvalue weighted by atomic mass is 10.2. The Bertz CT molecular complexity index is 318. The summed E-state index contributed by atoms with van der Waals surface area (Å²) in [6.45, 7) is 1.82. The van der Waals surface area contributed by atoms with Crippen LogP contribution in [0.15, 0.2) is 24.5 Å². The molecule has 1 heterocycles. The van der Waals surface area contributed by atoms with E-state index in [2.05, 4.69) is 4.98 Å². The van der Waals surface area contributed by atoms with Gasteiger partial charge in [-0.1, -0.05) is 6.07 Å². The van der Waals surface area contributed by atoms with Gasteiger partial charge in [-0.15, -0.1) is 0 Å². The highest BCUT2D eigenvalue weighted by Crippen LogP contribution is 2.08. The standard InChI is InChI=1S/C9H9NO2/c1-7-3-2-4-9(10-7)8(5-11)6-12/h2-6,11H,1H3/b8-5-. The second-order valence-corrected chi connectivity index (χ2v) is 2.37. The molecule has 0 fully saturated rings. The Hall–Kier alpha value is -1.64. The Morgan fingerprint density at radius 2 is 2.33 bits per heavy atom. The number of allylic oxidation sites excluding steroid dienone is 1. The number of pyridine rings is 1. The molecule has 12 heavy (non-hydrogen) atoms. The summed E-state index contributed by atoms with van der Waals surface area (Å²) >= 11 is 0. The van der Waals surface area contributed by atoms with E-state index in [0.717, 1.165) is 12.0 Å². The van der Waals surface area contributed by atoms with Crippen LogP contribution in [-0.2, 0) is 4.79 Å². The zero-order chi connectivity index (χ0) is 8.97. The zero-order valence-corrected chi connectivity index (χ0v) is 6.69. The van der Waals surface area contributed by atoms with Crippen LogP contribution in [0.3, 0.4) is 0 Å². The van der Waals surface area contributed by atoms with Crippen LogP contribution in [0.1, 0.15) is 11.4 Å². The lowest BCUT2D eigenvalue weighted by Crippen LogP contribution is -1.91. The molecule has 0 unspecified atom stereocenters. The third-order valence-electron chi connectivity index (χ3n) is 1.45. The van der Waals surface area contributed by atoms with Gasteiger partial charge in [0.05, 0.1) is 17.5 Å². The van der Waals surface area contributed by atoms with Crippen molar-refractivity contribution in [3.05, 3.63) is 35.8 Å². The molecule has 0 saturated carbocycles. The van der Waals surface area contributed by atoms with E-state index >= 15 is 0 Å². The molecule has 0 radical (unpaired) electrons. The van der Waals surface area contributed by atoms with Crippen LogP contribution in [0, 0.1) is 6.92 Å². The smallest absolute Gasteiger partial charge is 0.155 e. The number of hydrogen-bond acceptors (Lipinski definition) is 3. The molecular formula is C9H9NO2. The van der Waals surface area contributed by atoms with Crippen molar-refractivity contribution >= 4 is 11.9 Å². The van der Waals surface area contributed by atoms with Crippen molar-refractivity contribution in [3.63, 3.8) is 0 Å². The van der Waals surface area contributed by atoms with Crippen LogP contribution >= 0.6 is 0 Å². The van der Waals surface area contributed by atoms with Crippen LogP contribution in [-0.4, -0.2) is 16.4 Å². The second kappa shape index (κ2) is 3.67. The van der Waals surface area contributed by atoms with Crippen molar-refractivity contribution < 1.29 is 9.90 Å². The number of nitrogens with zero attached hydrogens (tertiary/aromatic N) is 1. The Kier molecular flexibility index (Phi) is 2.58. The first-order valence-electron chi connectivity index (χ1n) is 3.51. The van der Waals surface area contributed by atoms with Crippen molar-refractivity contribution in [1.82, 2.24) is 4.98 Å². The molecule has 0 saturated heterocycles. The van der Waals surface area contributed by atoms with Gasteiger partial charge in [0.25, 0.3) is 0 Å².